The van der Waals surface area contributed by atoms with Gasteiger partial charge in [0.05, 0.1) is 18.8 Å². The van der Waals surface area contributed by atoms with Crippen LogP contribution in [0.1, 0.15) is 361 Å². The third-order valence-electron chi connectivity index (χ3n) is 14.8. The Kier molecular flexibility index (Phi) is 57.7. The SMILES string of the molecule is CCCCCCCCCCCCCCCCCCCC/C=C\CCCCCCCCCCCCCCCCCCCC(=O)NC(CO)C(O)CCCCCCCCCCCCCCCCC. The van der Waals surface area contributed by atoms with Gasteiger partial charge in [0, 0.05) is 6.42 Å². The lowest BCUT2D eigenvalue weighted by Crippen LogP contribution is -2.45. The first-order chi connectivity index (χ1) is 32.7. The number of carbonyl (C=O) groups is 1. The number of aliphatic hydroxyl groups is 2. The van der Waals surface area contributed by atoms with Crippen molar-refractivity contribution in [1.29, 1.82) is 0 Å². The first kappa shape index (κ1) is 65.1. The van der Waals surface area contributed by atoms with Gasteiger partial charge in [-0.2, -0.15) is 0 Å². The fraction of sp³-hybridized carbons (Fsp3) is 0.952. The molecule has 0 radical (unpaired) electrons. The van der Waals surface area contributed by atoms with E-state index in [0.717, 1.165) is 25.7 Å². The lowest BCUT2D eigenvalue weighted by atomic mass is 10.0. The Bertz CT molecular complexity index is 921. The van der Waals surface area contributed by atoms with Crippen LogP contribution in [0.3, 0.4) is 0 Å². The molecule has 3 N–H and O–H groups in total. The third kappa shape index (κ3) is 54.1. The first-order valence-electron chi connectivity index (χ1n) is 30.9. The zero-order valence-electron chi connectivity index (χ0n) is 45.5. The Labute approximate surface area is 416 Å². The first-order valence-corrected chi connectivity index (χ1v) is 30.9. The van der Waals surface area contributed by atoms with Crippen LogP contribution in [0.5, 0.6) is 0 Å². The summed E-state index contributed by atoms with van der Waals surface area (Å²) in [5.74, 6) is -0.0243. The minimum Gasteiger partial charge on any atom is -0.394 e. The fourth-order valence-corrected chi connectivity index (χ4v) is 10.1. The second-order valence-corrected chi connectivity index (χ2v) is 21.5. The van der Waals surface area contributed by atoms with Crippen LogP contribution in [0.25, 0.3) is 0 Å². The van der Waals surface area contributed by atoms with E-state index in [1.165, 1.54) is 308 Å². The van der Waals surface area contributed by atoms with E-state index in [9.17, 15) is 15.0 Å². The molecule has 0 aliphatic heterocycles. The van der Waals surface area contributed by atoms with Crippen LogP contribution in [-0.4, -0.2) is 34.9 Å². The third-order valence-corrected chi connectivity index (χ3v) is 14.8. The molecular formula is C62H123NO3. The number of nitrogens with one attached hydrogen (secondary N) is 1. The molecule has 4 nitrogen and oxygen atoms in total. The van der Waals surface area contributed by atoms with Crippen LogP contribution in [0.4, 0.5) is 0 Å². The van der Waals surface area contributed by atoms with Crippen LogP contribution in [-0.2, 0) is 4.79 Å². The number of hydrogen-bond acceptors (Lipinski definition) is 3. The minimum atomic E-state index is -0.656. The summed E-state index contributed by atoms with van der Waals surface area (Å²) >= 11 is 0. The maximum absolute atomic E-state index is 12.5. The number of hydrogen-bond donors (Lipinski definition) is 3. The van der Waals surface area contributed by atoms with Crippen molar-refractivity contribution in [3.05, 3.63) is 12.2 Å². The maximum atomic E-state index is 12.5. The number of rotatable bonds is 58. The van der Waals surface area contributed by atoms with Crippen molar-refractivity contribution in [2.45, 2.75) is 373 Å². The van der Waals surface area contributed by atoms with E-state index >= 15 is 0 Å². The number of aliphatic hydroxyl groups excluding tert-OH is 2. The predicted octanol–water partition coefficient (Wildman–Crippen LogP) is 20.5. The summed E-state index contributed by atoms with van der Waals surface area (Å²) in [6, 6.07) is -0.533. The highest BCUT2D eigenvalue weighted by atomic mass is 16.3. The molecule has 0 aliphatic carbocycles. The molecule has 0 fully saturated rings. The molecule has 2 atom stereocenters. The molecule has 0 saturated carbocycles. The normalized spacial score (nSPS) is 12.7. The predicted molar refractivity (Wildman–Crippen MR) is 295 cm³/mol. The van der Waals surface area contributed by atoms with Crippen LogP contribution in [0.2, 0.25) is 0 Å². The van der Waals surface area contributed by atoms with Gasteiger partial charge >= 0.3 is 0 Å². The second-order valence-electron chi connectivity index (χ2n) is 21.5. The van der Waals surface area contributed by atoms with Gasteiger partial charge in [-0.15, -0.1) is 0 Å². The molecule has 66 heavy (non-hydrogen) atoms. The summed E-state index contributed by atoms with van der Waals surface area (Å²) in [5, 5.41) is 23.3. The van der Waals surface area contributed by atoms with Crippen LogP contribution >= 0.6 is 0 Å². The summed E-state index contributed by atoms with van der Waals surface area (Å²) in [4.78, 5) is 12.5. The summed E-state index contributed by atoms with van der Waals surface area (Å²) in [5.41, 5.74) is 0. The van der Waals surface area contributed by atoms with Crippen LogP contribution in [0.15, 0.2) is 12.2 Å². The number of amides is 1. The quantitative estimate of drug-likeness (QED) is 0.0420. The van der Waals surface area contributed by atoms with Crippen molar-refractivity contribution in [3.63, 3.8) is 0 Å². The van der Waals surface area contributed by atoms with Gasteiger partial charge < -0.3 is 15.5 Å². The molecule has 0 rings (SSSR count). The molecule has 0 aromatic heterocycles. The van der Waals surface area contributed by atoms with Gasteiger partial charge in [0.15, 0.2) is 0 Å². The summed E-state index contributed by atoms with van der Waals surface area (Å²) in [6.45, 7) is 4.40. The van der Waals surface area contributed by atoms with E-state index in [1.807, 2.05) is 0 Å². The smallest absolute Gasteiger partial charge is 0.220 e. The minimum absolute atomic E-state index is 0.0243. The van der Waals surface area contributed by atoms with E-state index in [2.05, 4.69) is 31.3 Å². The van der Waals surface area contributed by atoms with Gasteiger partial charge in [0.25, 0.3) is 0 Å². The van der Waals surface area contributed by atoms with E-state index in [-0.39, 0.29) is 12.5 Å². The molecule has 0 spiro atoms. The van der Waals surface area contributed by atoms with E-state index in [4.69, 9.17) is 0 Å². The summed E-state index contributed by atoms with van der Waals surface area (Å²) < 4.78 is 0. The monoisotopic (exact) mass is 930 g/mol. The molecule has 394 valence electrons. The average molecular weight is 931 g/mol. The van der Waals surface area contributed by atoms with E-state index < -0.39 is 12.1 Å². The van der Waals surface area contributed by atoms with E-state index in [1.54, 1.807) is 0 Å². The second kappa shape index (κ2) is 58.4. The molecule has 0 bridgehead atoms. The molecule has 2 unspecified atom stereocenters. The number of carbonyl (C=O) groups excluding carboxylic acids is 1. The molecule has 0 heterocycles. The fourth-order valence-electron chi connectivity index (χ4n) is 10.1. The Morgan fingerprint density at radius 2 is 0.576 bits per heavy atom. The van der Waals surface area contributed by atoms with Gasteiger partial charge in [-0.25, -0.2) is 0 Å². The molecular weight excluding hydrogens is 807 g/mol. The number of allylic oxidation sites excluding steroid dienone is 2. The van der Waals surface area contributed by atoms with E-state index in [0.29, 0.717) is 12.8 Å². The topological polar surface area (TPSA) is 69.6 Å². The average Bonchev–Trinajstić information content (AvgIpc) is 3.32. The van der Waals surface area contributed by atoms with Gasteiger partial charge in [0.2, 0.25) is 5.91 Å². The Morgan fingerprint density at radius 3 is 0.833 bits per heavy atom. The highest BCUT2D eigenvalue weighted by molar-refractivity contribution is 5.76. The van der Waals surface area contributed by atoms with Crippen molar-refractivity contribution >= 4 is 5.91 Å². The lowest BCUT2D eigenvalue weighted by molar-refractivity contribution is -0.123. The van der Waals surface area contributed by atoms with Crippen LogP contribution < -0.4 is 5.32 Å². The van der Waals surface area contributed by atoms with Crippen molar-refractivity contribution in [3.8, 4) is 0 Å². The molecule has 0 aliphatic rings. The maximum Gasteiger partial charge on any atom is 0.220 e. The Hall–Kier alpha value is -0.870. The molecule has 0 aromatic rings. The Morgan fingerprint density at radius 1 is 0.348 bits per heavy atom. The highest BCUT2D eigenvalue weighted by Gasteiger charge is 2.20. The van der Waals surface area contributed by atoms with Crippen LogP contribution in [0, 0.1) is 0 Å². The number of unbranched alkanes of at least 4 members (excludes halogenated alkanes) is 49. The Balaban J connectivity index is 3.35. The highest BCUT2D eigenvalue weighted by Crippen LogP contribution is 2.18. The standard InChI is InChI=1S/C62H123NO3/c1-3-5-7-9-11-13-15-17-19-20-21-22-23-24-25-26-27-28-29-30-31-32-33-34-35-36-37-38-39-40-41-42-44-46-48-50-52-54-56-58-62(66)63-60(59-64)61(65)57-55-53-51-49-47-45-43-18-16-14-12-10-8-6-4-2/h30-31,60-61,64-65H,3-29,32-59H2,1-2H3,(H,63,66)/b31-30-. The van der Waals surface area contributed by atoms with Gasteiger partial charge in [-0.3, -0.25) is 4.79 Å². The van der Waals surface area contributed by atoms with Gasteiger partial charge in [-0.1, -0.05) is 328 Å². The molecule has 4 heteroatoms. The van der Waals surface area contributed by atoms with Crippen molar-refractivity contribution in [1.82, 2.24) is 5.32 Å². The van der Waals surface area contributed by atoms with Crippen molar-refractivity contribution in [2.75, 3.05) is 6.61 Å². The molecule has 1 amide bonds. The van der Waals surface area contributed by atoms with Gasteiger partial charge in [-0.05, 0) is 38.5 Å². The lowest BCUT2D eigenvalue weighted by Gasteiger charge is -2.22. The molecule has 0 aromatic carbocycles. The zero-order chi connectivity index (χ0) is 47.7. The zero-order valence-corrected chi connectivity index (χ0v) is 45.5. The van der Waals surface area contributed by atoms with Gasteiger partial charge in [0.1, 0.15) is 0 Å². The molecule has 0 saturated heterocycles. The summed E-state index contributed by atoms with van der Waals surface area (Å²) in [6.07, 6.45) is 76.7. The van der Waals surface area contributed by atoms with Crippen molar-refractivity contribution < 1.29 is 15.0 Å². The largest absolute Gasteiger partial charge is 0.394 e. The summed E-state index contributed by atoms with van der Waals surface area (Å²) in [7, 11) is 0. The van der Waals surface area contributed by atoms with Crippen molar-refractivity contribution in [2.24, 2.45) is 0 Å².